The van der Waals surface area contributed by atoms with Gasteiger partial charge in [0.15, 0.2) is 0 Å². The van der Waals surface area contributed by atoms with E-state index in [-0.39, 0.29) is 24.8 Å². The topological polar surface area (TPSA) is 0 Å². The molecule has 268 valence electrons. The Morgan fingerprint density at radius 2 is 0.860 bits per heavy atom. The SMILES string of the molecule is Cc1cc2c(-c3ccccc3)cccc2[cH-]1.Cc1cc2c(-c3ccccc3)cccc2[cH-]1.Cl.Cl.[CH2-]CC[Si](Cl)(Cl)Cl.[CH2-]CC[Si](Cl)(Cl)Cl.[Si]=[Zr]. The first-order chi connectivity index (χ1) is 22.8. The zero-order chi connectivity index (χ0) is 35.7. The average molecular weight is 956 g/mol. The summed E-state index contributed by atoms with van der Waals surface area (Å²) in [6.45, 7) is 14.5. The van der Waals surface area contributed by atoms with Crippen molar-refractivity contribution in [2.24, 2.45) is 0 Å². The van der Waals surface area contributed by atoms with Gasteiger partial charge in [-0.2, -0.15) is 25.0 Å². The second-order valence-electron chi connectivity index (χ2n) is 10.9. The van der Waals surface area contributed by atoms with Crippen molar-refractivity contribution in [3.8, 4) is 22.3 Å². The van der Waals surface area contributed by atoms with E-state index in [0.29, 0.717) is 12.1 Å². The molecule has 6 aromatic carbocycles. The molecular weight excluding hydrogens is 916 g/mol. The molecule has 0 saturated heterocycles. The summed E-state index contributed by atoms with van der Waals surface area (Å²) in [5, 5.41) is 5.37. The molecule has 0 bridgehead atoms. The van der Waals surface area contributed by atoms with Crippen molar-refractivity contribution in [3.63, 3.8) is 0 Å². The number of hydrogen-bond donors (Lipinski definition) is 0. The Morgan fingerprint density at radius 1 is 0.540 bits per heavy atom. The van der Waals surface area contributed by atoms with Gasteiger partial charge in [0.05, 0.1) is 0 Å². The van der Waals surface area contributed by atoms with E-state index in [2.05, 4.69) is 156 Å². The molecule has 0 nitrogen and oxygen atoms in total. The van der Waals surface area contributed by atoms with Crippen molar-refractivity contribution in [3.05, 3.63) is 146 Å². The number of rotatable bonds is 6. The first-order valence-corrected chi connectivity index (χ1v) is 29.9. The molecule has 0 spiro atoms. The second-order valence-corrected chi connectivity index (χ2v) is 29.4. The Labute approximate surface area is 358 Å². The van der Waals surface area contributed by atoms with Crippen molar-refractivity contribution in [2.45, 2.75) is 38.8 Å². The van der Waals surface area contributed by atoms with Crippen LogP contribution in [-0.4, -0.2) is 18.9 Å². The van der Waals surface area contributed by atoms with E-state index in [4.69, 9.17) is 66.5 Å². The Morgan fingerprint density at radius 3 is 1.12 bits per heavy atom. The predicted octanol–water partition coefficient (Wildman–Crippen LogP) is 15.3. The third-order valence-electron chi connectivity index (χ3n) is 6.88. The Balaban J connectivity index is 0.000000666. The summed E-state index contributed by atoms with van der Waals surface area (Å²) in [5.74, 6) is 0. The van der Waals surface area contributed by atoms with Crippen LogP contribution in [0.15, 0.2) is 121 Å². The first kappa shape index (κ1) is 50.0. The van der Waals surface area contributed by atoms with Crippen LogP contribution >= 0.6 is 91.3 Å². The fourth-order valence-electron chi connectivity index (χ4n) is 4.91. The van der Waals surface area contributed by atoms with Gasteiger partial charge in [-0.3, -0.25) is 0 Å². The first-order valence-electron chi connectivity index (χ1n) is 15.2. The Kier molecular flexibility index (Phi) is 25.9. The van der Waals surface area contributed by atoms with E-state index in [0.717, 1.165) is 12.8 Å². The van der Waals surface area contributed by atoms with Gasteiger partial charge < -0.3 is 13.8 Å². The van der Waals surface area contributed by atoms with Crippen LogP contribution < -0.4 is 0 Å². The number of halogens is 8. The monoisotopic (exact) mass is 950 g/mol. The predicted molar refractivity (Wildman–Crippen MR) is 236 cm³/mol. The van der Waals surface area contributed by atoms with Crippen LogP contribution in [0.3, 0.4) is 0 Å². The standard InChI is InChI=1S/2C16H13.2C3H6Cl3Si.2ClH.Si.Zr/c2*1-12-10-14-8-5-9-15(16(14)11-12)13-6-3-2-4-7-13;2*1-2-3-7(4,5)6;;;;/h2*2-11H,1H3;2*1-3H2;2*1H;;/q4*-1;;;;. The van der Waals surface area contributed by atoms with Gasteiger partial charge in [-0.25, -0.2) is 0 Å². The van der Waals surface area contributed by atoms with Crippen LogP contribution in [0.2, 0.25) is 12.1 Å². The molecule has 0 atom stereocenters. The van der Waals surface area contributed by atoms with Gasteiger partial charge in [-0.15, -0.1) is 160 Å². The molecule has 0 aliphatic heterocycles. The Hall–Kier alpha value is -0.0462. The van der Waals surface area contributed by atoms with Crippen LogP contribution in [0.5, 0.6) is 0 Å². The van der Waals surface area contributed by atoms with Crippen LogP contribution in [0.1, 0.15) is 24.0 Å². The van der Waals surface area contributed by atoms with Gasteiger partial charge in [0, 0.05) is 0 Å². The van der Waals surface area contributed by atoms with Gasteiger partial charge in [-0.1, -0.05) is 97.8 Å². The van der Waals surface area contributed by atoms with Gasteiger partial charge in [0.1, 0.15) is 0 Å². The minimum atomic E-state index is -2.30. The number of hydrogen-bond acceptors (Lipinski definition) is 0. The van der Waals surface area contributed by atoms with Gasteiger partial charge in [-0.05, 0) is 23.2 Å². The quantitative estimate of drug-likeness (QED) is 0.0887. The minimum absolute atomic E-state index is 0. The van der Waals surface area contributed by atoms with Crippen molar-refractivity contribution in [1.29, 1.82) is 0 Å². The Bertz CT molecular complexity index is 1650. The van der Waals surface area contributed by atoms with Crippen LogP contribution in [0.4, 0.5) is 0 Å². The van der Waals surface area contributed by atoms with Gasteiger partial charge in [0.2, 0.25) is 0 Å². The zero-order valence-electron chi connectivity index (χ0n) is 27.9. The number of aryl methyl sites for hydroxylation is 2. The molecule has 0 aromatic heterocycles. The molecule has 0 amide bonds. The van der Waals surface area contributed by atoms with E-state index in [1.807, 2.05) is 0 Å². The third-order valence-corrected chi connectivity index (χ3v) is 12.1. The molecule has 6 rings (SSSR count). The van der Waals surface area contributed by atoms with E-state index in [9.17, 15) is 0 Å². The molecule has 2 radical (unpaired) electrons. The molecule has 0 aliphatic carbocycles. The zero-order valence-corrected chi connectivity index (χ0v) is 39.5. The maximum absolute atomic E-state index is 5.46. The maximum atomic E-state index is 5.46. The molecule has 0 aliphatic rings. The second kappa shape index (κ2) is 25.9. The van der Waals surface area contributed by atoms with E-state index >= 15 is 0 Å². The molecule has 50 heavy (non-hydrogen) atoms. The molecule has 0 fully saturated rings. The summed E-state index contributed by atoms with van der Waals surface area (Å²) in [6, 6.07) is 39.8. The van der Waals surface area contributed by atoms with Crippen molar-refractivity contribution in [1.82, 2.24) is 0 Å². The van der Waals surface area contributed by atoms with E-state index in [1.54, 1.807) is 0 Å². The van der Waals surface area contributed by atoms with Crippen molar-refractivity contribution >= 4 is 132 Å². The van der Waals surface area contributed by atoms with Crippen LogP contribution in [0.25, 0.3) is 43.8 Å². The van der Waals surface area contributed by atoms with Crippen LogP contribution in [-0.2, 0) is 23.3 Å². The van der Waals surface area contributed by atoms with E-state index in [1.165, 1.54) is 78.3 Å². The average Bonchev–Trinajstić information content (AvgIpc) is 3.63. The summed E-state index contributed by atoms with van der Waals surface area (Å²) in [7, 11) is 0. The summed E-state index contributed by atoms with van der Waals surface area (Å²) in [4.78, 5) is 0. The molecule has 0 saturated carbocycles. The normalized spacial score (nSPS) is 10.3. The number of fused-ring (bicyclic) bond motifs is 2. The molecule has 6 aromatic rings. The fourth-order valence-corrected chi connectivity index (χ4v) is 8.12. The molecular formula is C38H40Cl8Si3Zr-4. The summed E-state index contributed by atoms with van der Waals surface area (Å²) < 4.78 is 0. The number of benzene rings is 4. The third kappa shape index (κ3) is 18.3. The summed E-state index contributed by atoms with van der Waals surface area (Å²) in [6.07, 6.45) is 1.45. The molecule has 0 heterocycles. The molecule has 12 heteroatoms. The summed E-state index contributed by atoms with van der Waals surface area (Å²) in [5.41, 5.74) is 7.89. The van der Waals surface area contributed by atoms with Crippen molar-refractivity contribution in [2.75, 3.05) is 0 Å². The van der Waals surface area contributed by atoms with E-state index < -0.39 is 12.0 Å². The van der Waals surface area contributed by atoms with Gasteiger partial charge in [0.25, 0.3) is 0 Å². The summed E-state index contributed by atoms with van der Waals surface area (Å²) >= 11 is 34.1. The van der Waals surface area contributed by atoms with Gasteiger partial charge >= 0.3 is 42.2 Å². The molecule has 0 N–H and O–H groups in total. The van der Waals surface area contributed by atoms with Crippen LogP contribution in [0, 0.1) is 27.7 Å². The fraction of sp³-hybridized carbons (Fsp3) is 0.158. The van der Waals surface area contributed by atoms with Crippen molar-refractivity contribution < 1.29 is 23.3 Å². The molecule has 0 unspecified atom stereocenters.